The van der Waals surface area contributed by atoms with Crippen molar-refractivity contribution >= 4 is 28.9 Å². The third kappa shape index (κ3) is 4.01. The quantitative estimate of drug-likeness (QED) is 0.451. The summed E-state index contributed by atoms with van der Waals surface area (Å²) in [5.74, 6) is -0.241. The minimum Gasteiger partial charge on any atom is -0.373 e. The molecule has 4 nitrogen and oxygen atoms in total. The van der Waals surface area contributed by atoms with Crippen molar-refractivity contribution in [2.24, 2.45) is 5.16 Å². The monoisotopic (exact) mass is 322 g/mol. The van der Waals surface area contributed by atoms with Gasteiger partial charge < -0.3 is 4.84 Å². The number of hydrogen-bond acceptors (Lipinski definition) is 3. The molecule has 0 N–H and O–H groups in total. The van der Waals surface area contributed by atoms with E-state index in [1.165, 1.54) is 12.8 Å². The van der Waals surface area contributed by atoms with Crippen LogP contribution in [0.2, 0.25) is 0 Å². The molecule has 1 amide bonds. The van der Waals surface area contributed by atoms with Crippen LogP contribution in [0, 0.1) is 6.92 Å². The molecule has 1 aromatic rings. The van der Waals surface area contributed by atoms with E-state index in [0.717, 1.165) is 41.8 Å². The molecule has 1 fully saturated rings. The summed E-state index contributed by atoms with van der Waals surface area (Å²) in [6, 6.07) is 6.02. The third-order valence-electron chi connectivity index (χ3n) is 3.95. The van der Waals surface area contributed by atoms with E-state index in [4.69, 9.17) is 16.4 Å². The van der Waals surface area contributed by atoms with E-state index in [0.29, 0.717) is 0 Å². The molecule has 120 valence electrons. The van der Waals surface area contributed by atoms with E-state index in [2.05, 4.69) is 12.1 Å². The van der Waals surface area contributed by atoms with Crippen molar-refractivity contribution in [1.29, 1.82) is 0 Å². The molecule has 0 heterocycles. The van der Waals surface area contributed by atoms with Gasteiger partial charge in [0.15, 0.2) is 6.73 Å². The minimum atomic E-state index is -0.169. The Bertz CT molecular complexity index is 550. The molecule has 2 rings (SSSR count). The Morgan fingerprint density at radius 3 is 2.73 bits per heavy atom. The number of carbonyl (C=O) groups is 1. The number of oxime groups is 1. The molecule has 22 heavy (non-hydrogen) atoms. The van der Waals surface area contributed by atoms with Gasteiger partial charge in [-0.3, -0.25) is 9.69 Å². The molecule has 0 unspecified atom stereocenters. The molecule has 0 atom stereocenters. The second-order valence-electron chi connectivity index (χ2n) is 5.51. The Balaban J connectivity index is 2.19. The van der Waals surface area contributed by atoms with Gasteiger partial charge in [0.2, 0.25) is 5.91 Å². The molecule has 1 aliphatic rings. The number of halogens is 1. The summed E-state index contributed by atoms with van der Waals surface area (Å²) >= 11 is 5.77. The highest BCUT2D eigenvalue weighted by Crippen LogP contribution is 2.26. The minimum absolute atomic E-state index is 0.0720. The SMILES string of the molecule is CCc1cccc(C)c1N(CON=C1CCCC1)C(=O)CCl. The lowest BCUT2D eigenvalue weighted by Crippen LogP contribution is -2.35. The van der Waals surface area contributed by atoms with Crippen LogP contribution < -0.4 is 4.90 Å². The van der Waals surface area contributed by atoms with Crippen LogP contribution in [0.25, 0.3) is 0 Å². The summed E-state index contributed by atoms with van der Waals surface area (Å²) in [5, 5.41) is 4.17. The van der Waals surface area contributed by atoms with Crippen LogP contribution in [0.4, 0.5) is 5.69 Å². The van der Waals surface area contributed by atoms with E-state index in [1.807, 2.05) is 25.1 Å². The topological polar surface area (TPSA) is 41.9 Å². The van der Waals surface area contributed by atoms with Crippen LogP contribution in [0.3, 0.4) is 0 Å². The molecular weight excluding hydrogens is 300 g/mol. The van der Waals surface area contributed by atoms with Crippen molar-refractivity contribution in [3.63, 3.8) is 0 Å². The zero-order chi connectivity index (χ0) is 15.9. The summed E-state index contributed by atoms with van der Waals surface area (Å²) in [5.41, 5.74) is 4.12. The number of nitrogens with zero attached hydrogens (tertiary/aromatic N) is 2. The molecular formula is C17H23ClN2O2. The number of amides is 1. The second-order valence-corrected chi connectivity index (χ2v) is 5.78. The fourth-order valence-corrected chi connectivity index (χ4v) is 2.92. The van der Waals surface area contributed by atoms with Crippen molar-refractivity contribution < 1.29 is 9.63 Å². The first kappa shape index (κ1) is 16.8. The highest BCUT2D eigenvalue weighted by Gasteiger charge is 2.20. The maximum atomic E-state index is 12.2. The maximum absolute atomic E-state index is 12.2. The lowest BCUT2D eigenvalue weighted by molar-refractivity contribution is -0.117. The van der Waals surface area contributed by atoms with Gasteiger partial charge in [-0.1, -0.05) is 30.3 Å². The normalized spacial score (nSPS) is 14.0. The summed E-state index contributed by atoms with van der Waals surface area (Å²) < 4.78 is 0. The summed E-state index contributed by atoms with van der Waals surface area (Å²) in [6.45, 7) is 4.17. The number of alkyl halides is 1. The number of aryl methyl sites for hydroxylation is 2. The molecule has 0 radical (unpaired) electrons. The number of para-hydroxylation sites is 1. The van der Waals surface area contributed by atoms with Crippen molar-refractivity contribution in [2.45, 2.75) is 46.0 Å². The van der Waals surface area contributed by atoms with Crippen molar-refractivity contribution in [3.8, 4) is 0 Å². The summed E-state index contributed by atoms with van der Waals surface area (Å²) in [6.07, 6.45) is 5.17. The number of rotatable bonds is 6. The first-order chi connectivity index (χ1) is 10.7. The summed E-state index contributed by atoms with van der Waals surface area (Å²) in [4.78, 5) is 19.3. The maximum Gasteiger partial charge on any atom is 0.244 e. The average Bonchev–Trinajstić information content (AvgIpc) is 3.04. The molecule has 1 aliphatic carbocycles. The van der Waals surface area contributed by atoms with E-state index in [-0.39, 0.29) is 18.5 Å². The molecule has 0 bridgehead atoms. The van der Waals surface area contributed by atoms with Crippen molar-refractivity contribution in [1.82, 2.24) is 0 Å². The Morgan fingerprint density at radius 1 is 1.36 bits per heavy atom. The molecule has 5 heteroatoms. The number of benzene rings is 1. The first-order valence-electron chi connectivity index (χ1n) is 7.80. The Morgan fingerprint density at radius 2 is 2.09 bits per heavy atom. The van der Waals surface area contributed by atoms with Gasteiger partial charge in [-0.25, -0.2) is 0 Å². The largest absolute Gasteiger partial charge is 0.373 e. The van der Waals surface area contributed by atoms with Crippen LogP contribution >= 0.6 is 11.6 Å². The van der Waals surface area contributed by atoms with Gasteiger partial charge >= 0.3 is 0 Å². The first-order valence-corrected chi connectivity index (χ1v) is 8.33. The average molecular weight is 323 g/mol. The number of anilines is 1. The number of carbonyl (C=O) groups excluding carboxylic acids is 1. The molecule has 0 aromatic heterocycles. The lowest BCUT2D eigenvalue weighted by atomic mass is 10.0. The van der Waals surface area contributed by atoms with Crippen LogP contribution in [0.15, 0.2) is 23.4 Å². The number of hydrogen-bond donors (Lipinski definition) is 0. The summed E-state index contributed by atoms with van der Waals surface area (Å²) in [7, 11) is 0. The van der Waals surface area contributed by atoms with Crippen LogP contribution in [-0.4, -0.2) is 24.2 Å². The highest BCUT2D eigenvalue weighted by molar-refractivity contribution is 6.29. The van der Waals surface area contributed by atoms with Gasteiger partial charge in [-0.2, -0.15) is 0 Å². The lowest BCUT2D eigenvalue weighted by Gasteiger charge is -2.25. The predicted molar refractivity (Wildman–Crippen MR) is 90.6 cm³/mol. The van der Waals surface area contributed by atoms with Crippen LogP contribution in [0.5, 0.6) is 0 Å². The standard InChI is InChI=1S/C17H23ClN2O2/c1-3-14-8-6-7-13(2)17(14)20(16(21)11-18)12-22-19-15-9-4-5-10-15/h6-8H,3-5,9-12H2,1-2H3. The predicted octanol–water partition coefficient (Wildman–Crippen LogP) is 4.03. The fraction of sp³-hybridized carbons (Fsp3) is 0.529. The van der Waals surface area contributed by atoms with Crippen molar-refractivity contribution in [2.75, 3.05) is 17.5 Å². The van der Waals surface area contributed by atoms with Gasteiger partial charge in [0.25, 0.3) is 0 Å². The van der Waals surface area contributed by atoms with E-state index in [9.17, 15) is 4.79 Å². The zero-order valence-corrected chi connectivity index (χ0v) is 14.0. The van der Waals surface area contributed by atoms with Gasteiger partial charge in [0.05, 0.1) is 11.4 Å². The third-order valence-corrected chi connectivity index (χ3v) is 4.18. The molecule has 0 spiro atoms. The highest BCUT2D eigenvalue weighted by atomic mass is 35.5. The van der Waals surface area contributed by atoms with Crippen molar-refractivity contribution in [3.05, 3.63) is 29.3 Å². The van der Waals surface area contributed by atoms with Crippen LogP contribution in [0.1, 0.15) is 43.7 Å². The van der Waals surface area contributed by atoms with Gasteiger partial charge in [0, 0.05) is 0 Å². The Hall–Kier alpha value is -1.55. The van der Waals surface area contributed by atoms with E-state index >= 15 is 0 Å². The van der Waals surface area contributed by atoms with Gasteiger partial charge in [-0.15, -0.1) is 11.6 Å². The van der Waals surface area contributed by atoms with Gasteiger partial charge in [-0.05, 0) is 50.2 Å². The van der Waals surface area contributed by atoms with E-state index < -0.39 is 0 Å². The molecule has 1 saturated carbocycles. The second kappa shape index (κ2) is 8.18. The zero-order valence-electron chi connectivity index (χ0n) is 13.3. The molecule has 0 aliphatic heterocycles. The Kier molecular flexibility index (Phi) is 6.25. The van der Waals surface area contributed by atoms with Gasteiger partial charge in [0.1, 0.15) is 5.88 Å². The molecule has 0 saturated heterocycles. The fourth-order valence-electron chi connectivity index (χ4n) is 2.78. The van der Waals surface area contributed by atoms with E-state index in [1.54, 1.807) is 4.90 Å². The smallest absolute Gasteiger partial charge is 0.244 e. The van der Waals surface area contributed by atoms with Crippen LogP contribution in [-0.2, 0) is 16.1 Å². The Labute approximate surface area is 137 Å². The molecule has 1 aromatic carbocycles.